The zero-order chi connectivity index (χ0) is 31.8. The molecule has 11 nitrogen and oxygen atoms in total. The quantitative estimate of drug-likeness (QED) is 0.112. The van der Waals surface area contributed by atoms with Crippen LogP contribution in [0.25, 0.3) is 0 Å². The zero-order valence-electron chi connectivity index (χ0n) is 26.2. The third kappa shape index (κ3) is 21.6. The van der Waals surface area contributed by atoms with E-state index in [2.05, 4.69) is 21.3 Å². The van der Waals surface area contributed by atoms with Gasteiger partial charge in [-0.3, -0.25) is 24.0 Å². The number of carbonyl (C=O) groups excluding carboxylic acids is 7. The molecule has 0 spiro atoms. The van der Waals surface area contributed by atoms with E-state index in [0.29, 0.717) is 45.2 Å². The van der Waals surface area contributed by atoms with Crippen LogP contribution in [0.2, 0.25) is 0 Å². The van der Waals surface area contributed by atoms with Gasteiger partial charge < -0.3 is 30.9 Å². The van der Waals surface area contributed by atoms with Gasteiger partial charge in [-0.25, -0.2) is 0 Å². The minimum absolute atomic E-state index is 0.0118. The Kier molecular flexibility index (Phi) is 22.7. The van der Waals surface area contributed by atoms with Gasteiger partial charge in [0.1, 0.15) is 17.6 Å². The highest BCUT2D eigenvalue weighted by molar-refractivity contribution is 5.93. The molecule has 0 saturated heterocycles. The van der Waals surface area contributed by atoms with Gasteiger partial charge in [0.05, 0.1) is 6.04 Å². The maximum atomic E-state index is 12.9. The molecule has 11 heteroatoms. The molecule has 4 N–H and O–H groups in total. The second-order valence-corrected chi connectivity index (χ2v) is 10.9. The number of rotatable bonds is 26. The fraction of sp³-hybridized carbons (Fsp3) is 0.774. The third-order valence-corrected chi connectivity index (χ3v) is 6.84. The maximum Gasteiger partial charge on any atom is 0.243 e. The predicted molar refractivity (Wildman–Crippen MR) is 161 cm³/mol. The Balaban J connectivity index is 4.33. The molecule has 4 amide bonds. The van der Waals surface area contributed by atoms with Crippen molar-refractivity contribution in [2.75, 3.05) is 13.1 Å². The largest absolute Gasteiger partial charge is 0.356 e. The predicted octanol–water partition coefficient (Wildman–Crippen LogP) is 3.22. The van der Waals surface area contributed by atoms with Gasteiger partial charge in [0.25, 0.3) is 0 Å². The van der Waals surface area contributed by atoms with Crippen LogP contribution < -0.4 is 21.3 Å². The normalized spacial score (nSPS) is 12.1. The summed E-state index contributed by atoms with van der Waals surface area (Å²) in [7, 11) is 0. The lowest BCUT2D eigenvalue weighted by atomic mass is 10.0. The van der Waals surface area contributed by atoms with Crippen LogP contribution in [0, 0.1) is 0 Å². The van der Waals surface area contributed by atoms with Crippen molar-refractivity contribution in [1.29, 1.82) is 0 Å². The molecule has 0 heterocycles. The molecule has 0 rings (SSSR count). The molecule has 0 saturated carbocycles. The summed E-state index contributed by atoms with van der Waals surface area (Å²) in [5.41, 5.74) is 0. The highest BCUT2D eigenvalue weighted by atomic mass is 16.2. The first-order chi connectivity index (χ1) is 20.0. The Morgan fingerprint density at radius 1 is 0.524 bits per heavy atom. The third-order valence-electron chi connectivity index (χ3n) is 6.84. The van der Waals surface area contributed by atoms with E-state index in [9.17, 15) is 33.6 Å². The van der Waals surface area contributed by atoms with E-state index in [1.165, 1.54) is 13.8 Å². The van der Waals surface area contributed by atoms with Crippen LogP contribution in [-0.2, 0) is 33.6 Å². The first-order valence-corrected chi connectivity index (χ1v) is 15.6. The molecular weight excluding hydrogens is 540 g/mol. The van der Waals surface area contributed by atoms with Gasteiger partial charge in [-0.05, 0) is 58.8 Å². The highest BCUT2D eigenvalue weighted by Gasteiger charge is 2.26. The summed E-state index contributed by atoms with van der Waals surface area (Å²) < 4.78 is 0. The van der Waals surface area contributed by atoms with Crippen LogP contribution in [0.4, 0.5) is 0 Å². The number of hydrogen-bond acceptors (Lipinski definition) is 7. The lowest BCUT2D eigenvalue weighted by Gasteiger charge is -2.22. The highest BCUT2D eigenvalue weighted by Crippen LogP contribution is 2.07. The average molecular weight is 595 g/mol. The molecule has 0 aliphatic heterocycles. The van der Waals surface area contributed by atoms with Crippen LogP contribution in [0.5, 0.6) is 0 Å². The van der Waals surface area contributed by atoms with Crippen LogP contribution in [0.1, 0.15) is 130 Å². The second-order valence-electron chi connectivity index (χ2n) is 10.9. The first-order valence-electron chi connectivity index (χ1n) is 15.6. The van der Waals surface area contributed by atoms with Crippen molar-refractivity contribution < 1.29 is 33.6 Å². The smallest absolute Gasteiger partial charge is 0.243 e. The van der Waals surface area contributed by atoms with Gasteiger partial charge in [0, 0.05) is 51.6 Å². The molecule has 0 radical (unpaired) electrons. The van der Waals surface area contributed by atoms with Crippen molar-refractivity contribution in [3.63, 3.8) is 0 Å². The minimum Gasteiger partial charge on any atom is -0.356 e. The van der Waals surface area contributed by atoms with Crippen LogP contribution >= 0.6 is 0 Å². The van der Waals surface area contributed by atoms with E-state index in [1.54, 1.807) is 6.92 Å². The topological polar surface area (TPSA) is 168 Å². The van der Waals surface area contributed by atoms with Gasteiger partial charge in [-0.15, -0.1) is 0 Å². The van der Waals surface area contributed by atoms with Crippen LogP contribution in [0.15, 0.2) is 0 Å². The Morgan fingerprint density at radius 2 is 1.00 bits per heavy atom. The summed E-state index contributed by atoms with van der Waals surface area (Å²) in [5.74, 6) is -1.20. The van der Waals surface area contributed by atoms with E-state index in [1.807, 2.05) is 6.92 Å². The van der Waals surface area contributed by atoms with Crippen molar-refractivity contribution in [2.24, 2.45) is 0 Å². The summed E-state index contributed by atoms with van der Waals surface area (Å²) in [6.07, 6.45) is 8.35. The molecule has 0 aromatic rings. The summed E-state index contributed by atoms with van der Waals surface area (Å²) in [5, 5.41) is 11.1. The number of nitrogens with one attached hydrogen (secondary N) is 4. The number of amides is 4. The Labute approximate surface area is 251 Å². The molecule has 2 atom stereocenters. The maximum absolute atomic E-state index is 12.9. The number of carbonyl (C=O) groups is 7. The average Bonchev–Trinajstić information content (AvgIpc) is 2.94. The summed E-state index contributed by atoms with van der Waals surface area (Å²) in [6, 6.07) is -1.77. The Hall–Kier alpha value is -3.11. The van der Waals surface area contributed by atoms with Crippen molar-refractivity contribution in [3.05, 3.63) is 0 Å². The number of Topliss-reactive ketones (excluding diaryl/α,β-unsaturated/α-hetero) is 3. The lowest BCUT2D eigenvalue weighted by Crippen LogP contribution is -2.51. The number of unbranched alkanes of at least 4 members (excludes halogenated alkanes) is 5. The van der Waals surface area contributed by atoms with Gasteiger partial charge in [-0.2, -0.15) is 0 Å². The van der Waals surface area contributed by atoms with Crippen molar-refractivity contribution in [3.8, 4) is 0 Å². The molecule has 2 unspecified atom stereocenters. The first kappa shape index (κ1) is 38.9. The van der Waals surface area contributed by atoms with Gasteiger partial charge in [0.2, 0.25) is 23.6 Å². The molecule has 0 aliphatic carbocycles. The molecule has 240 valence electrons. The zero-order valence-corrected chi connectivity index (χ0v) is 26.2. The molecule has 0 bridgehead atoms. The Bertz CT molecular complexity index is 875. The van der Waals surface area contributed by atoms with E-state index in [0.717, 1.165) is 32.1 Å². The van der Waals surface area contributed by atoms with E-state index in [4.69, 9.17) is 0 Å². The van der Waals surface area contributed by atoms with Crippen LogP contribution in [0.3, 0.4) is 0 Å². The minimum atomic E-state index is -0.956. The van der Waals surface area contributed by atoms with Gasteiger partial charge in [-0.1, -0.05) is 33.1 Å². The lowest BCUT2D eigenvalue weighted by molar-refractivity contribution is -0.132. The van der Waals surface area contributed by atoms with Gasteiger partial charge in [0.15, 0.2) is 5.78 Å². The van der Waals surface area contributed by atoms with Crippen LogP contribution in [-0.4, -0.2) is 66.2 Å². The molecule has 0 aromatic heterocycles. The number of ketones is 3. The molecular formula is C31H54N4O7. The molecule has 42 heavy (non-hydrogen) atoms. The van der Waals surface area contributed by atoms with E-state index in [-0.39, 0.29) is 73.6 Å². The fourth-order valence-corrected chi connectivity index (χ4v) is 4.21. The molecule has 0 aromatic carbocycles. The molecule has 0 aliphatic rings. The SMILES string of the molecule is CCCCC(=O)NCCCCCC(=O)NCCCCCC(=O)NC(CCC(C)=O)C(=O)NC(CCC(C)=O)C(=O)CC. The molecule has 0 fully saturated rings. The van der Waals surface area contributed by atoms with Crippen molar-refractivity contribution in [1.82, 2.24) is 21.3 Å². The Morgan fingerprint density at radius 3 is 1.48 bits per heavy atom. The fourth-order valence-electron chi connectivity index (χ4n) is 4.21. The van der Waals surface area contributed by atoms with Crippen molar-refractivity contribution >= 4 is 41.0 Å². The summed E-state index contributed by atoms with van der Waals surface area (Å²) >= 11 is 0. The monoisotopic (exact) mass is 594 g/mol. The summed E-state index contributed by atoms with van der Waals surface area (Å²) in [4.78, 5) is 84.1. The second kappa shape index (κ2) is 24.5. The standard InChI is InChI=1S/C31H54N4O7/c1-5-7-14-28(39)32-21-12-8-10-15-29(40)33-22-13-9-11-16-30(41)34-26(20-18-24(4)37)31(42)35-25(27(38)6-2)19-17-23(3)36/h25-26H,5-22H2,1-4H3,(H,32,39)(H,33,40)(H,34,41)(H,35,42). The van der Waals surface area contributed by atoms with E-state index >= 15 is 0 Å². The van der Waals surface area contributed by atoms with E-state index < -0.39 is 18.0 Å². The van der Waals surface area contributed by atoms with Gasteiger partial charge >= 0.3 is 0 Å². The summed E-state index contributed by atoms with van der Waals surface area (Å²) in [6.45, 7) is 7.71. The van der Waals surface area contributed by atoms with Crippen molar-refractivity contribution in [2.45, 2.75) is 143 Å². The number of hydrogen-bond donors (Lipinski definition) is 4.